The van der Waals surface area contributed by atoms with Crippen LogP contribution in [-0.2, 0) is 6.54 Å². The molecule has 0 aliphatic carbocycles. The Labute approximate surface area is 225 Å². The molecule has 5 rings (SSSR count). The van der Waals surface area contributed by atoms with E-state index in [9.17, 15) is 4.79 Å². The van der Waals surface area contributed by atoms with Crippen LogP contribution in [-0.4, -0.2) is 69.1 Å². The van der Waals surface area contributed by atoms with Crippen LogP contribution < -0.4 is 19.7 Å². The Morgan fingerprint density at radius 2 is 1.59 bits per heavy atom. The maximum Gasteiger partial charge on any atom is 0.256 e. The Bertz CT molecular complexity index is 1340. The molecule has 1 aromatic heterocycles. The highest BCUT2D eigenvalue weighted by atomic mass is 35.5. The van der Waals surface area contributed by atoms with Crippen LogP contribution in [0.15, 0.2) is 47.5 Å². The predicted molar refractivity (Wildman–Crippen MR) is 147 cm³/mol. The lowest BCUT2D eigenvalue weighted by molar-refractivity contribution is 0.0977. The molecule has 1 fully saturated rings. The fourth-order valence-electron chi connectivity index (χ4n) is 4.50. The number of amides is 1. The monoisotopic (exact) mass is 539 g/mol. The number of carbonyl (C=O) groups excluding carboxylic acids is 1. The zero-order chi connectivity index (χ0) is 26.1. The molecule has 0 saturated carbocycles. The zero-order valence-electron chi connectivity index (χ0n) is 20.8. The Morgan fingerprint density at radius 3 is 2.22 bits per heavy atom. The van der Waals surface area contributed by atoms with Crippen molar-refractivity contribution in [3.63, 3.8) is 0 Å². The van der Waals surface area contributed by atoms with Crippen molar-refractivity contribution < 1.29 is 14.3 Å². The van der Waals surface area contributed by atoms with E-state index in [1.165, 1.54) is 14.2 Å². The van der Waals surface area contributed by atoms with Gasteiger partial charge in [-0.25, -0.2) is 4.98 Å². The van der Waals surface area contributed by atoms with Crippen LogP contribution in [0.4, 0.5) is 5.69 Å². The van der Waals surface area contributed by atoms with Crippen molar-refractivity contribution in [1.82, 2.24) is 15.2 Å². The van der Waals surface area contributed by atoms with Gasteiger partial charge in [0.05, 0.1) is 42.2 Å². The average molecular weight is 540 g/mol. The number of ether oxygens (including phenoxy) is 2. The normalized spacial score (nSPS) is 15.3. The molecule has 2 aliphatic rings. The number of piperazine rings is 1. The third-order valence-corrected chi connectivity index (χ3v) is 7.43. The van der Waals surface area contributed by atoms with E-state index in [0.717, 1.165) is 37.4 Å². The quantitative estimate of drug-likeness (QED) is 0.513. The number of carbonyl (C=O) groups is 1. The van der Waals surface area contributed by atoms with Crippen LogP contribution in [0.1, 0.15) is 21.6 Å². The van der Waals surface area contributed by atoms with Crippen LogP contribution >= 0.6 is 23.2 Å². The number of amidine groups is 1. The summed E-state index contributed by atoms with van der Waals surface area (Å²) in [6.07, 6.45) is 0. The second-order valence-corrected chi connectivity index (χ2v) is 9.69. The van der Waals surface area contributed by atoms with Crippen LogP contribution in [0.5, 0.6) is 11.5 Å². The minimum atomic E-state index is -0.218. The number of methoxy groups -OCH3 is 2. The first-order valence-electron chi connectivity index (χ1n) is 11.9. The second kappa shape index (κ2) is 10.6. The van der Waals surface area contributed by atoms with Crippen LogP contribution in [0.3, 0.4) is 0 Å². The number of rotatable bonds is 5. The topological polar surface area (TPSA) is 79.3 Å². The van der Waals surface area contributed by atoms with Gasteiger partial charge in [0.25, 0.3) is 5.91 Å². The summed E-state index contributed by atoms with van der Waals surface area (Å²) < 4.78 is 10.7. The van der Waals surface area contributed by atoms with Crippen molar-refractivity contribution in [2.45, 2.75) is 6.54 Å². The van der Waals surface area contributed by atoms with E-state index < -0.39 is 0 Å². The third kappa shape index (κ3) is 4.97. The number of fused-ring (bicyclic) bond motifs is 1. The van der Waals surface area contributed by atoms with Gasteiger partial charge in [-0.2, -0.15) is 0 Å². The molecular formula is C27H27Cl2N5O3. The molecule has 1 N–H and O–H groups in total. The van der Waals surface area contributed by atoms with Crippen molar-refractivity contribution in [2.75, 3.05) is 52.3 Å². The van der Waals surface area contributed by atoms with Crippen molar-refractivity contribution >= 4 is 40.6 Å². The van der Waals surface area contributed by atoms with Gasteiger partial charge in [-0.3, -0.25) is 9.79 Å². The summed E-state index contributed by atoms with van der Waals surface area (Å²) in [5.41, 5.74) is 4.24. The van der Waals surface area contributed by atoms with Gasteiger partial charge in [-0.15, -0.1) is 0 Å². The maximum absolute atomic E-state index is 13.0. The number of hydrogen-bond donors (Lipinski definition) is 1. The maximum atomic E-state index is 13.0. The summed E-state index contributed by atoms with van der Waals surface area (Å²) in [7, 11) is 5.18. The number of hydrogen-bond acceptors (Lipinski definition) is 7. The van der Waals surface area contributed by atoms with E-state index in [-0.39, 0.29) is 5.91 Å². The number of aromatic nitrogens is 1. The zero-order valence-corrected chi connectivity index (χ0v) is 22.4. The summed E-state index contributed by atoms with van der Waals surface area (Å²) in [5.74, 6) is 1.14. The van der Waals surface area contributed by atoms with E-state index >= 15 is 0 Å². The number of anilines is 1. The van der Waals surface area contributed by atoms with Crippen molar-refractivity contribution in [2.24, 2.45) is 4.99 Å². The molecule has 37 heavy (non-hydrogen) atoms. The van der Waals surface area contributed by atoms with Crippen molar-refractivity contribution in [1.29, 1.82) is 0 Å². The molecular weight excluding hydrogens is 513 g/mol. The first kappa shape index (κ1) is 25.3. The smallest absolute Gasteiger partial charge is 0.256 e. The van der Waals surface area contributed by atoms with Gasteiger partial charge < -0.3 is 24.6 Å². The fourth-order valence-corrected chi connectivity index (χ4v) is 5.20. The number of halogens is 2. The molecule has 10 heteroatoms. The van der Waals surface area contributed by atoms with Crippen LogP contribution in [0.25, 0.3) is 11.3 Å². The van der Waals surface area contributed by atoms with Gasteiger partial charge in [-0.05, 0) is 43.4 Å². The van der Waals surface area contributed by atoms with E-state index in [2.05, 4.69) is 27.2 Å². The molecule has 0 bridgehead atoms. The lowest BCUT2D eigenvalue weighted by atomic mass is 10.1. The number of nitrogens with one attached hydrogen (secondary N) is 1. The molecule has 2 aromatic carbocycles. The fraction of sp³-hybridized carbons (Fsp3) is 0.296. The van der Waals surface area contributed by atoms with Gasteiger partial charge >= 0.3 is 0 Å². The number of nitrogens with zero attached hydrogens (tertiary/aromatic N) is 4. The van der Waals surface area contributed by atoms with Gasteiger partial charge in [0.2, 0.25) is 0 Å². The molecule has 3 heterocycles. The molecule has 0 atom stereocenters. The largest absolute Gasteiger partial charge is 0.495 e. The molecule has 0 unspecified atom stereocenters. The number of likely N-dealkylation sites (N-methyl/N-ethyl adjacent to an activating group) is 1. The first-order chi connectivity index (χ1) is 17.9. The second-order valence-electron chi connectivity index (χ2n) is 8.93. The van der Waals surface area contributed by atoms with Crippen LogP contribution in [0.2, 0.25) is 10.0 Å². The van der Waals surface area contributed by atoms with Gasteiger partial charge in [0, 0.05) is 54.6 Å². The lowest BCUT2D eigenvalue weighted by Gasteiger charge is -2.34. The molecule has 0 spiro atoms. The molecule has 0 radical (unpaired) electrons. The summed E-state index contributed by atoms with van der Waals surface area (Å²) in [4.78, 5) is 26.9. The molecule has 2 aliphatic heterocycles. The van der Waals surface area contributed by atoms with Gasteiger partial charge in [0.15, 0.2) is 0 Å². The lowest BCUT2D eigenvalue weighted by Crippen LogP contribution is -2.44. The molecule has 1 amide bonds. The van der Waals surface area contributed by atoms with E-state index in [1.54, 1.807) is 12.1 Å². The molecule has 3 aromatic rings. The number of aliphatic imine (C=N–C) groups is 1. The molecule has 8 nitrogen and oxygen atoms in total. The first-order valence-corrected chi connectivity index (χ1v) is 12.6. The van der Waals surface area contributed by atoms with E-state index in [4.69, 9.17) is 37.7 Å². The van der Waals surface area contributed by atoms with Crippen molar-refractivity contribution in [3.8, 4) is 22.8 Å². The highest BCUT2D eigenvalue weighted by Gasteiger charge is 2.24. The highest BCUT2D eigenvalue weighted by Crippen LogP contribution is 2.45. The summed E-state index contributed by atoms with van der Waals surface area (Å²) in [6.45, 7) is 4.34. The van der Waals surface area contributed by atoms with Crippen molar-refractivity contribution in [3.05, 3.63) is 69.3 Å². The minimum Gasteiger partial charge on any atom is -0.495 e. The summed E-state index contributed by atoms with van der Waals surface area (Å²) in [6, 6.07) is 13.0. The Hall–Kier alpha value is -3.33. The summed E-state index contributed by atoms with van der Waals surface area (Å²) in [5, 5.41) is 3.62. The Morgan fingerprint density at radius 1 is 0.946 bits per heavy atom. The third-order valence-electron chi connectivity index (χ3n) is 6.68. The number of pyridine rings is 1. The van der Waals surface area contributed by atoms with Gasteiger partial charge in [0.1, 0.15) is 17.3 Å². The van der Waals surface area contributed by atoms with Gasteiger partial charge in [-0.1, -0.05) is 23.2 Å². The predicted octanol–water partition coefficient (Wildman–Crippen LogP) is 4.51. The van der Waals surface area contributed by atoms with E-state index in [1.807, 2.05) is 30.3 Å². The number of benzene rings is 2. The Kier molecular flexibility index (Phi) is 7.24. The van der Waals surface area contributed by atoms with Crippen LogP contribution in [0, 0.1) is 0 Å². The minimum absolute atomic E-state index is 0.218. The summed E-state index contributed by atoms with van der Waals surface area (Å²) >= 11 is 13.1. The van der Waals surface area contributed by atoms with E-state index in [0.29, 0.717) is 56.4 Å². The Balaban J connectivity index is 1.33. The average Bonchev–Trinajstić information content (AvgIpc) is 3.31. The standard InChI is InChI=1S/C27H27Cl2N5O3/c1-33-10-12-34(13-11-33)17-6-4-16(5-7-17)27(35)32-26-18-8-9-19(31-20(18)15-30-26)23-24(28)21(36-2)14-22(37-3)25(23)29/h4-9,14H,10-13,15H2,1-3H3,(H,30,32,35). The molecule has 1 saturated heterocycles. The SMILES string of the molecule is COc1cc(OC)c(Cl)c(-c2ccc3c(n2)CN=C3NC(=O)c2ccc(N3CCN(C)CC3)cc2)c1Cl. The highest BCUT2D eigenvalue weighted by molar-refractivity contribution is 6.41. The molecule has 192 valence electrons.